The van der Waals surface area contributed by atoms with Crippen molar-refractivity contribution < 1.29 is 0 Å². The van der Waals surface area contributed by atoms with E-state index in [9.17, 15) is 0 Å². The number of anilines is 2. The Morgan fingerprint density at radius 2 is 2.00 bits per heavy atom. The predicted octanol–water partition coefficient (Wildman–Crippen LogP) is 4.65. The van der Waals surface area contributed by atoms with Crippen LogP contribution in [0.25, 0.3) is 0 Å². The van der Waals surface area contributed by atoms with Crippen LogP contribution in [0.4, 0.5) is 11.6 Å². The summed E-state index contributed by atoms with van der Waals surface area (Å²) in [6, 6.07) is 14.8. The van der Waals surface area contributed by atoms with Crippen molar-refractivity contribution in [3.8, 4) is 0 Å². The number of aromatic nitrogens is 3. The Kier molecular flexibility index (Phi) is 5.39. The molecule has 5 nitrogen and oxygen atoms in total. The molecule has 5 heteroatoms. The number of nitrogens with zero attached hydrogens (tertiary/aromatic N) is 4. The van der Waals surface area contributed by atoms with E-state index in [1.165, 1.54) is 30.4 Å². The smallest absolute Gasteiger partial charge is 0.131 e. The first kappa shape index (κ1) is 17.6. The molecule has 0 saturated carbocycles. The first-order valence-electron chi connectivity index (χ1n) is 9.57. The van der Waals surface area contributed by atoms with E-state index in [0.29, 0.717) is 6.04 Å². The van der Waals surface area contributed by atoms with Gasteiger partial charge in [0.1, 0.15) is 11.6 Å². The summed E-state index contributed by atoms with van der Waals surface area (Å²) in [6.45, 7) is 4.04. The number of hydrogen-bond donors (Lipinski definition) is 1. The zero-order valence-corrected chi connectivity index (χ0v) is 15.7. The van der Waals surface area contributed by atoms with Gasteiger partial charge in [-0.2, -0.15) is 0 Å². The van der Waals surface area contributed by atoms with Crippen LogP contribution in [0.5, 0.6) is 0 Å². The molecule has 3 aromatic heterocycles. The van der Waals surface area contributed by atoms with Gasteiger partial charge in [-0.15, -0.1) is 0 Å². The number of aryl methyl sites for hydroxylation is 1. The summed E-state index contributed by atoms with van der Waals surface area (Å²) >= 11 is 0. The van der Waals surface area contributed by atoms with Gasteiger partial charge in [0.05, 0.1) is 0 Å². The van der Waals surface area contributed by atoms with Crippen LogP contribution < -0.4 is 5.32 Å². The van der Waals surface area contributed by atoms with Gasteiger partial charge >= 0.3 is 0 Å². The average molecular weight is 359 g/mol. The molecule has 27 heavy (non-hydrogen) atoms. The fraction of sp³-hybridized carbons (Fsp3) is 0.318. The van der Waals surface area contributed by atoms with Crippen LogP contribution >= 0.6 is 0 Å². The summed E-state index contributed by atoms with van der Waals surface area (Å²) in [5.41, 5.74) is 3.53. The monoisotopic (exact) mass is 359 g/mol. The van der Waals surface area contributed by atoms with Crippen molar-refractivity contribution in [3.05, 3.63) is 77.9 Å². The summed E-state index contributed by atoms with van der Waals surface area (Å²) in [5.74, 6) is 1.65. The van der Waals surface area contributed by atoms with Crippen molar-refractivity contribution in [2.75, 3.05) is 11.9 Å². The van der Waals surface area contributed by atoms with Crippen LogP contribution in [-0.2, 0) is 6.54 Å². The van der Waals surface area contributed by atoms with Crippen LogP contribution in [0.2, 0.25) is 0 Å². The molecule has 4 heterocycles. The third kappa shape index (κ3) is 4.49. The van der Waals surface area contributed by atoms with Crippen LogP contribution in [0, 0.1) is 6.92 Å². The lowest BCUT2D eigenvalue weighted by Gasteiger charge is -2.36. The van der Waals surface area contributed by atoms with E-state index >= 15 is 0 Å². The summed E-state index contributed by atoms with van der Waals surface area (Å²) < 4.78 is 0. The number of pyridine rings is 3. The predicted molar refractivity (Wildman–Crippen MR) is 108 cm³/mol. The Bertz CT molecular complexity index is 863. The van der Waals surface area contributed by atoms with E-state index in [2.05, 4.69) is 43.4 Å². The van der Waals surface area contributed by atoms with E-state index in [1.54, 1.807) is 0 Å². The first-order chi connectivity index (χ1) is 13.3. The molecule has 3 aromatic rings. The Hall–Kier alpha value is -2.79. The quantitative estimate of drug-likeness (QED) is 0.718. The Balaban J connectivity index is 1.47. The maximum absolute atomic E-state index is 4.63. The standard InChI is InChI=1S/C22H25N5/c1-17-6-4-9-22(25-17)26-21-11-10-19(15-24-21)20-8-2-3-13-27(20)16-18-7-5-12-23-14-18/h4-7,9-12,14-15,20H,2-3,8,13,16H2,1H3,(H,24,25,26)/t20-/m1/s1. The molecule has 0 unspecified atom stereocenters. The van der Waals surface area contributed by atoms with Crippen LogP contribution in [0.3, 0.4) is 0 Å². The fourth-order valence-electron chi connectivity index (χ4n) is 3.70. The minimum Gasteiger partial charge on any atom is -0.325 e. The van der Waals surface area contributed by atoms with Crippen molar-refractivity contribution >= 4 is 11.6 Å². The van der Waals surface area contributed by atoms with E-state index in [0.717, 1.165) is 30.4 Å². The fourth-order valence-corrected chi connectivity index (χ4v) is 3.70. The van der Waals surface area contributed by atoms with Gasteiger partial charge in [-0.25, -0.2) is 9.97 Å². The van der Waals surface area contributed by atoms with Gasteiger partial charge in [-0.3, -0.25) is 9.88 Å². The van der Waals surface area contributed by atoms with E-state index in [-0.39, 0.29) is 0 Å². The normalized spacial score (nSPS) is 17.6. The Morgan fingerprint density at radius 1 is 1.04 bits per heavy atom. The average Bonchev–Trinajstić information content (AvgIpc) is 2.70. The third-order valence-electron chi connectivity index (χ3n) is 5.04. The second kappa shape index (κ2) is 8.27. The zero-order valence-electron chi connectivity index (χ0n) is 15.7. The number of rotatable bonds is 5. The second-order valence-corrected chi connectivity index (χ2v) is 7.11. The van der Waals surface area contributed by atoms with Crippen molar-refractivity contribution in [2.24, 2.45) is 0 Å². The van der Waals surface area contributed by atoms with Crippen molar-refractivity contribution in [1.29, 1.82) is 0 Å². The Morgan fingerprint density at radius 3 is 2.78 bits per heavy atom. The van der Waals surface area contributed by atoms with Gasteiger partial charge in [-0.05, 0) is 61.7 Å². The maximum atomic E-state index is 4.63. The number of likely N-dealkylation sites (tertiary alicyclic amines) is 1. The molecule has 138 valence electrons. The minimum atomic E-state index is 0.414. The van der Waals surface area contributed by atoms with E-state index < -0.39 is 0 Å². The number of nitrogens with one attached hydrogen (secondary N) is 1. The SMILES string of the molecule is Cc1cccc(Nc2ccc([C@H]3CCCCN3Cc3cccnc3)cn2)n1. The molecule has 1 aliphatic heterocycles. The lowest BCUT2D eigenvalue weighted by Crippen LogP contribution is -2.33. The number of hydrogen-bond acceptors (Lipinski definition) is 5. The van der Waals surface area contributed by atoms with Crippen molar-refractivity contribution in [2.45, 2.75) is 38.8 Å². The molecule has 1 fully saturated rings. The molecule has 0 radical (unpaired) electrons. The molecule has 0 bridgehead atoms. The lowest BCUT2D eigenvalue weighted by molar-refractivity contribution is 0.140. The van der Waals surface area contributed by atoms with Crippen LogP contribution in [0.15, 0.2) is 61.1 Å². The highest BCUT2D eigenvalue weighted by molar-refractivity contribution is 5.51. The Labute approximate surface area is 160 Å². The van der Waals surface area contributed by atoms with Crippen molar-refractivity contribution in [1.82, 2.24) is 19.9 Å². The third-order valence-corrected chi connectivity index (χ3v) is 5.04. The van der Waals surface area contributed by atoms with Crippen LogP contribution in [-0.4, -0.2) is 26.4 Å². The van der Waals surface area contributed by atoms with Gasteiger partial charge in [0.2, 0.25) is 0 Å². The highest BCUT2D eigenvalue weighted by Crippen LogP contribution is 2.32. The number of piperidine rings is 1. The summed E-state index contributed by atoms with van der Waals surface area (Å²) in [4.78, 5) is 15.9. The highest BCUT2D eigenvalue weighted by Gasteiger charge is 2.24. The molecule has 1 aliphatic rings. The van der Waals surface area contributed by atoms with Crippen molar-refractivity contribution in [3.63, 3.8) is 0 Å². The molecule has 0 amide bonds. The van der Waals surface area contributed by atoms with Gasteiger partial charge in [0, 0.05) is 36.9 Å². The second-order valence-electron chi connectivity index (χ2n) is 7.11. The van der Waals surface area contributed by atoms with Gasteiger partial charge in [-0.1, -0.05) is 24.6 Å². The molecular formula is C22H25N5. The molecule has 0 aliphatic carbocycles. The first-order valence-corrected chi connectivity index (χ1v) is 9.57. The minimum absolute atomic E-state index is 0.414. The maximum Gasteiger partial charge on any atom is 0.131 e. The van der Waals surface area contributed by atoms with Gasteiger partial charge in [0.15, 0.2) is 0 Å². The van der Waals surface area contributed by atoms with Gasteiger partial charge in [0.25, 0.3) is 0 Å². The lowest BCUT2D eigenvalue weighted by atomic mass is 9.96. The summed E-state index contributed by atoms with van der Waals surface area (Å²) in [7, 11) is 0. The zero-order chi connectivity index (χ0) is 18.5. The summed E-state index contributed by atoms with van der Waals surface area (Å²) in [6.07, 6.45) is 9.49. The molecule has 1 saturated heterocycles. The van der Waals surface area contributed by atoms with Gasteiger partial charge < -0.3 is 5.32 Å². The molecular weight excluding hydrogens is 334 g/mol. The molecule has 0 aromatic carbocycles. The summed E-state index contributed by atoms with van der Waals surface area (Å²) in [5, 5.41) is 3.28. The molecule has 4 rings (SSSR count). The largest absolute Gasteiger partial charge is 0.325 e. The van der Waals surface area contributed by atoms with E-state index in [4.69, 9.17) is 0 Å². The van der Waals surface area contributed by atoms with E-state index in [1.807, 2.05) is 49.8 Å². The molecule has 0 spiro atoms. The molecule has 1 atom stereocenters. The topological polar surface area (TPSA) is 53.9 Å². The molecule has 1 N–H and O–H groups in total. The van der Waals surface area contributed by atoms with Crippen LogP contribution in [0.1, 0.15) is 42.1 Å². The highest BCUT2D eigenvalue weighted by atomic mass is 15.2.